The average Bonchev–Trinajstić information content (AvgIpc) is 2.89. The molecule has 0 unspecified atom stereocenters. The Morgan fingerprint density at radius 2 is 2.10 bits per heavy atom. The minimum absolute atomic E-state index is 0.286. The molecule has 0 bridgehead atoms. The largest absolute Gasteiger partial charge is 0.422 e. The molecule has 1 N–H and O–H groups in total. The molecule has 3 aromatic rings. The zero-order chi connectivity index (χ0) is 13.9. The summed E-state index contributed by atoms with van der Waals surface area (Å²) < 4.78 is 10.7. The third-order valence-corrected chi connectivity index (χ3v) is 3.39. The number of nitrogens with one attached hydrogen (secondary N) is 1. The minimum atomic E-state index is -0.286. The normalized spacial score (nSPS) is 11.4. The number of aromatic nitrogens is 1. The molecule has 4 heteroatoms. The highest BCUT2D eigenvalue weighted by atomic mass is 16.5. The van der Waals surface area contributed by atoms with Crippen molar-refractivity contribution in [3.8, 4) is 0 Å². The maximum Gasteiger partial charge on any atom is 0.345 e. The second-order valence-corrected chi connectivity index (χ2v) is 4.77. The van der Waals surface area contributed by atoms with E-state index in [1.807, 2.05) is 37.3 Å². The first kappa shape index (κ1) is 12.9. The lowest BCUT2D eigenvalue weighted by molar-refractivity contribution is 0.145. The zero-order valence-electron chi connectivity index (χ0n) is 11.4. The molecule has 0 fully saturated rings. The highest BCUT2D eigenvalue weighted by molar-refractivity contribution is 6.02. The second kappa shape index (κ2) is 5.51. The topological polar surface area (TPSA) is 55.2 Å². The van der Waals surface area contributed by atoms with Crippen molar-refractivity contribution in [1.82, 2.24) is 4.98 Å². The van der Waals surface area contributed by atoms with Crippen LogP contribution in [-0.4, -0.2) is 18.2 Å². The van der Waals surface area contributed by atoms with Crippen LogP contribution in [0.15, 0.2) is 39.5 Å². The van der Waals surface area contributed by atoms with Crippen LogP contribution < -0.4 is 5.63 Å². The van der Waals surface area contributed by atoms with Crippen LogP contribution in [0.25, 0.3) is 21.9 Å². The minimum Gasteiger partial charge on any atom is -0.422 e. The van der Waals surface area contributed by atoms with E-state index in [1.165, 1.54) is 0 Å². The van der Waals surface area contributed by atoms with Crippen LogP contribution in [-0.2, 0) is 11.2 Å². The smallest absolute Gasteiger partial charge is 0.345 e. The maximum absolute atomic E-state index is 12.0. The molecule has 1 aromatic carbocycles. The average molecular weight is 271 g/mol. The summed E-state index contributed by atoms with van der Waals surface area (Å²) in [6.07, 6.45) is 1.80. The van der Waals surface area contributed by atoms with Crippen LogP contribution in [0.5, 0.6) is 0 Å². The lowest BCUT2D eigenvalue weighted by Crippen LogP contribution is -1.97. The third kappa shape index (κ3) is 2.34. The van der Waals surface area contributed by atoms with Gasteiger partial charge in [-0.15, -0.1) is 0 Å². The number of ether oxygens (including phenoxy) is 1. The molecular formula is C16H17NO3. The van der Waals surface area contributed by atoms with E-state index in [2.05, 4.69) is 4.98 Å². The highest BCUT2D eigenvalue weighted by Gasteiger charge is 2.10. The van der Waals surface area contributed by atoms with E-state index in [4.69, 9.17) is 9.15 Å². The molecule has 20 heavy (non-hydrogen) atoms. The molecule has 0 spiro atoms. The number of benzene rings is 1. The lowest BCUT2D eigenvalue weighted by atomic mass is 10.2. The Kier molecular flexibility index (Phi) is 3.56. The second-order valence-electron chi connectivity index (χ2n) is 4.77. The molecule has 0 aliphatic heterocycles. The van der Waals surface area contributed by atoms with Crippen molar-refractivity contribution in [1.29, 1.82) is 0 Å². The number of aryl methyl sites for hydroxylation is 1. The molecule has 0 radical (unpaired) electrons. The Morgan fingerprint density at radius 3 is 2.95 bits per heavy atom. The Labute approximate surface area is 116 Å². The first-order valence-electron chi connectivity index (χ1n) is 6.91. The SMILES string of the molecule is CCOCCCc1cc2c(=O)oc3ccccc3c2[nH]1. The summed E-state index contributed by atoms with van der Waals surface area (Å²) in [7, 11) is 0. The monoisotopic (exact) mass is 271 g/mol. The molecule has 3 rings (SSSR count). The summed E-state index contributed by atoms with van der Waals surface area (Å²) in [5.41, 5.74) is 2.24. The van der Waals surface area contributed by atoms with E-state index >= 15 is 0 Å². The van der Waals surface area contributed by atoms with Gasteiger partial charge in [-0.05, 0) is 38.0 Å². The van der Waals surface area contributed by atoms with Gasteiger partial charge in [0.2, 0.25) is 0 Å². The maximum atomic E-state index is 12.0. The Morgan fingerprint density at radius 1 is 1.25 bits per heavy atom. The number of fused-ring (bicyclic) bond motifs is 3. The summed E-state index contributed by atoms with van der Waals surface area (Å²) in [4.78, 5) is 15.3. The van der Waals surface area contributed by atoms with Gasteiger partial charge in [0.25, 0.3) is 0 Å². The van der Waals surface area contributed by atoms with Gasteiger partial charge < -0.3 is 14.1 Å². The van der Waals surface area contributed by atoms with E-state index in [0.717, 1.165) is 42.7 Å². The lowest BCUT2D eigenvalue weighted by Gasteiger charge is -1.99. The van der Waals surface area contributed by atoms with E-state index < -0.39 is 0 Å². The van der Waals surface area contributed by atoms with E-state index in [-0.39, 0.29) is 5.63 Å². The molecule has 0 aliphatic carbocycles. The standard InChI is InChI=1S/C16H17NO3/c1-2-19-9-5-6-11-10-13-15(17-11)12-7-3-4-8-14(12)20-16(13)18/h3-4,7-8,10,17H,2,5-6,9H2,1H3. The van der Waals surface area contributed by atoms with Crippen LogP contribution in [0.4, 0.5) is 0 Å². The predicted molar refractivity (Wildman–Crippen MR) is 79.2 cm³/mol. The molecule has 0 saturated carbocycles. The van der Waals surface area contributed by atoms with E-state index in [9.17, 15) is 4.79 Å². The number of rotatable bonds is 5. The summed E-state index contributed by atoms with van der Waals surface area (Å²) in [6.45, 7) is 3.46. The van der Waals surface area contributed by atoms with Gasteiger partial charge in [-0.2, -0.15) is 0 Å². The summed E-state index contributed by atoms with van der Waals surface area (Å²) >= 11 is 0. The Bertz CT molecular complexity index is 785. The van der Waals surface area contributed by atoms with E-state index in [0.29, 0.717) is 11.0 Å². The fourth-order valence-electron chi connectivity index (χ4n) is 2.44. The van der Waals surface area contributed by atoms with Gasteiger partial charge in [-0.25, -0.2) is 4.79 Å². The molecular weight excluding hydrogens is 254 g/mol. The van der Waals surface area contributed by atoms with Crippen molar-refractivity contribution in [3.05, 3.63) is 46.4 Å². The van der Waals surface area contributed by atoms with E-state index in [1.54, 1.807) is 0 Å². The van der Waals surface area contributed by atoms with Gasteiger partial charge in [0.15, 0.2) is 0 Å². The van der Waals surface area contributed by atoms with Gasteiger partial charge in [0.1, 0.15) is 5.58 Å². The molecule has 0 aliphatic rings. The number of H-pyrrole nitrogens is 1. The van der Waals surface area contributed by atoms with Crippen molar-refractivity contribution in [2.75, 3.05) is 13.2 Å². The Balaban J connectivity index is 1.99. The molecule has 2 aromatic heterocycles. The van der Waals surface area contributed by atoms with Gasteiger partial charge >= 0.3 is 5.63 Å². The van der Waals surface area contributed by atoms with Crippen LogP contribution in [0, 0.1) is 0 Å². The number of para-hydroxylation sites is 1. The van der Waals surface area contributed by atoms with Gasteiger partial charge in [-0.3, -0.25) is 0 Å². The van der Waals surface area contributed by atoms with Gasteiger partial charge in [0.05, 0.1) is 10.9 Å². The first-order chi connectivity index (χ1) is 9.79. The first-order valence-corrected chi connectivity index (χ1v) is 6.91. The van der Waals surface area contributed by atoms with Crippen LogP contribution >= 0.6 is 0 Å². The molecule has 4 nitrogen and oxygen atoms in total. The quantitative estimate of drug-likeness (QED) is 0.572. The summed E-state index contributed by atoms with van der Waals surface area (Å²) in [5, 5.41) is 1.56. The van der Waals surface area contributed by atoms with Crippen molar-refractivity contribution in [2.24, 2.45) is 0 Å². The number of hydrogen-bond donors (Lipinski definition) is 1. The van der Waals surface area contributed by atoms with Gasteiger partial charge in [0, 0.05) is 24.3 Å². The molecule has 104 valence electrons. The number of hydrogen-bond acceptors (Lipinski definition) is 3. The molecule has 0 saturated heterocycles. The van der Waals surface area contributed by atoms with Crippen molar-refractivity contribution in [2.45, 2.75) is 19.8 Å². The predicted octanol–water partition coefficient (Wildman–Crippen LogP) is 3.24. The van der Waals surface area contributed by atoms with Crippen molar-refractivity contribution < 1.29 is 9.15 Å². The van der Waals surface area contributed by atoms with Crippen LogP contribution in [0.2, 0.25) is 0 Å². The third-order valence-electron chi connectivity index (χ3n) is 3.39. The van der Waals surface area contributed by atoms with Crippen molar-refractivity contribution >= 4 is 21.9 Å². The van der Waals surface area contributed by atoms with Crippen LogP contribution in [0.3, 0.4) is 0 Å². The fourth-order valence-corrected chi connectivity index (χ4v) is 2.44. The molecule has 0 amide bonds. The molecule has 2 heterocycles. The number of aromatic amines is 1. The summed E-state index contributed by atoms with van der Waals surface area (Å²) in [5.74, 6) is 0. The molecule has 0 atom stereocenters. The zero-order valence-corrected chi connectivity index (χ0v) is 11.4. The highest BCUT2D eigenvalue weighted by Crippen LogP contribution is 2.22. The van der Waals surface area contributed by atoms with Crippen molar-refractivity contribution in [3.63, 3.8) is 0 Å². The summed E-state index contributed by atoms with van der Waals surface area (Å²) in [6, 6.07) is 9.47. The fraction of sp³-hybridized carbons (Fsp3) is 0.312. The van der Waals surface area contributed by atoms with Gasteiger partial charge in [-0.1, -0.05) is 12.1 Å². The van der Waals surface area contributed by atoms with Crippen LogP contribution in [0.1, 0.15) is 19.0 Å². The Hall–Kier alpha value is -2.07.